The van der Waals surface area contributed by atoms with Crippen molar-refractivity contribution in [1.29, 1.82) is 0 Å². The molecule has 0 spiro atoms. The third-order valence-corrected chi connectivity index (χ3v) is 4.36. The number of nitrogens with zero attached hydrogens (tertiary/aromatic N) is 2. The van der Waals surface area contributed by atoms with E-state index < -0.39 is 0 Å². The first-order valence-corrected chi connectivity index (χ1v) is 8.62. The van der Waals surface area contributed by atoms with Crippen molar-refractivity contribution in [2.24, 2.45) is 4.99 Å². The minimum absolute atomic E-state index is 0. The second-order valence-corrected chi connectivity index (χ2v) is 5.85. The van der Waals surface area contributed by atoms with E-state index in [9.17, 15) is 0 Å². The standard InChI is InChI=1S/C20H25N3O2.HI/c1-4-21-20(23-13-12-15-8-5-6-10-17(15)23)22-14-16-9-7-11-18(24-2)19(16)25-3;/h5-11H,4,12-14H2,1-3H3,(H,21,22);1H. The van der Waals surface area contributed by atoms with E-state index in [1.807, 2.05) is 18.2 Å². The maximum Gasteiger partial charge on any atom is 0.198 e. The number of nitrogens with one attached hydrogen (secondary N) is 1. The summed E-state index contributed by atoms with van der Waals surface area (Å²) in [7, 11) is 3.31. The van der Waals surface area contributed by atoms with Crippen LogP contribution in [0.2, 0.25) is 0 Å². The summed E-state index contributed by atoms with van der Waals surface area (Å²) in [5.41, 5.74) is 3.61. The van der Waals surface area contributed by atoms with Crippen LogP contribution in [0.25, 0.3) is 0 Å². The lowest BCUT2D eigenvalue weighted by Crippen LogP contribution is -2.40. The first-order chi connectivity index (χ1) is 12.3. The SMILES string of the molecule is CCNC(=NCc1cccc(OC)c1OC)N1CCc2ccccc21.I. The molecule has 3 rings (SSSR count). The van der Waals surface area contributed by atoms with Gasteiger partial charge in [-0.25, -0.2) is 4.99 Å². The predicted octanol–water partition coefficient (Wildman–Crippen LogP) is 3.85. The number of methoxy groups -OCH3 is 2. The van der Waals surface area contributed by atoms with Gasteiger partial charge in [-0.15, -0.1) is 24.0 Å². The van der Waals surface area contributed by atoms with Crippen molar-refractivity contribution in [1.82, 2.24) is 5.32 Å². The van der Waals surface area contributed by atoms with Gasteiger partial charge in [0.15, 0.2) is 17.5 Å². The van der Waals surface area contributed by atoms with Crippen LogP contribution in [0.15, 0.2) is 47.5 Å². The summed E-state index contributed by atoms with van der Waals surface area (Å²) in [5, 5.41) is 3.41. The van der Waals surface area contributed by atoms with Crippen molar-refractivity contribution in [2.75, 3.05) is 32.2 Å². The number of benzene rings is 2. The van der Waals surface area contributed by atoms with Crippen LogP contribution in [0.4, 0.5) is 5.69 Å². The molecule has 1 heterocycles. The minimum Gasteiger partial charge on any atom is -0.493 e. The molecule has 1 aliphatic rings. The van der Waals surface area contributed by atoms with Crippen molar-refractivity contribution >= 4 is 35.6 Å². The zero-order valence-electron chi connectivity index (χ0n) is 15.5. The molecule has 5 nitrogen and oxygen atoms in total. The van der Waals surface area contributed by atoms with Crippen LogP contribution in [0.3, 0.4) is 0 Å². The molecule has 2 aromatic rings. The summed E-state index contributed by atoms with van der Waals surface area (Å²) >= 11 is 0. The third-order valence-electron chi connectivity index (χ3n) is 4.36. The number of rotatable bonds is 5. The van der Waals surface area contributed by atoms with Crippen molar-refractivity contribution in [3.8, 4) is 11.5 Å². The molecule has 0 atom stereocenters. The molecule has 0 aromatic heterocycles. The highest BCUT2D eigenvalue weighted by molar-refractivity contribution is 14.0. The Hall–Kier alpha value is -1.96. The van der Waals surface area contributed by atoms with Crippen LogP contribution >= 0.6 is 24.0 Å². The third kappa shape index (κ3) is 4.23. The molecule has 0 bridgehead atoms. The molecule has 2 aromatic carbocycles. The van der Waals surface area contributed by atoms with Gasteiger partial charge in [0.1, 0.15) is 0 Å². The smallest absolute Gasteiger partial charge is 0.198 e. The molecule has 0 fully saturated rings. The molecule has 140 valence electrons. The maximum absolute atomic E-state index is 5.51. The molecule has 0 saturated heterocycles. The van der Waals surface area contributed by atoms with E-state index in [0.717, 1.165) is 42.5 Å². The summed E-state index contributed by atoms with van der Waals surface area (Å²) in [6.07, 6.45) is 1.04. The first kappa shape index (κ1) is 20.4. The van der Waals surface area contributed by atoms with E-state index in [-0.39, 0.29) is 24.0 Å². The van der Waals surface area contributed by atoms with Gasteiger partial charge in [0, 0.05) is 24.3 Å². The van der Waals surface area contributed by atoms with Gasteiger partial charge in [0.25, 0.3) is 0 Å². The number of ether oxygens (including phenoxy) is 2. The Kier molecular flexibility index (Phi) is 7.56. The Morgan fingerprint density at radius 1 is 1.12 bits per heavy atom. The molecule has 0 unspecified atom stereocenters. The van der Waals surface area contributed by atoms with Gasteiger partial charge in [0.2, 0.25) is 0 Å². The topological polar surface area (TPSA) is 46.1 Å². The van der Waals surface area contributed by atoms with Gasteiger partial charge in [0.05, 0.1) is 20.8 Å². The number of anilines is 1. The zero-order valence-corrected chi connectivity index (χ0v) is 17.8. The molecule has 0 radical (unpaired) electrons. The van der Waals surface area contributed by atoms with Gasteiger partial charge in [-0.1, -0.05) is 30.3 Å². The molecule has 1 aliphatic heterocycles. The van der Waals surface area contributed by atoms with E-state index in [2.05, 4.69) is 41.4 Å². The highest BCUT2D eigenvalue weighted by Gasteiger charge is 2.22. The molecule has 1 N–H and O–H groups in total. The second-order valence-electron chi connectivity index (χ2n) is 5.85. The van der Waals surface area contributed by atoms with Crippen molar-refractivity contribution < 1.29 is 9.47 Å². The van der Waals surface area contributed by atoms with Crippen LogP contribution in [0.5, 0.6) is 11.5 Å². The highest BCUT2D eigenvalue weighted by Crippen LogP contribution is 2.31. The average Bonchev–Trinajstić information content (AvgIpc) is 3.08. The molecule has 6 heteroatoms. The number of para-hydroxylation sites is 2. The van der Waals surface area contributed by atoms with Gasteiger partial charge in [-0.2, -0.15) is 0 Å². The van der Waals surface area contributed by atoms with E-state index in [0.29, 0.717) is 6.54 Å². The first-order valence-electron chi connectivity index (χ1n) is 8.62. The number of guanidine groups is 1. The van der Waals surface area contributed by atoms with Crippen LogP contribution in [0.1, 0.15) is 18.1 Å². The van der Waals surface area contributed by atoms with Gasteiger partial charge in [-0.3, -0.25) is 0 Å². The Morgan fingerprint density at radius 2 is 1.92 bits per heavy atom. The predicted molar refractivity (Wildman–Crippen MR) is 117 cm³/mol. The average molecular weight is 467 g/mol. The normalized spacial score (nSPS) is 13.0. The van der Waals surface area contributed by atoms with Gasteiger partial charge in [-0.05, 0) is 31.0 Å². The summed E-state index contributed by atoms with van der Waals surface area (Å²) < 4.78 is 10.9. The van der Waals surface area contributed by atoms with Gasteiger partial charge < -0.3 is 19.7 Å². The molecule has 26 heavy (non-hydrogen) atoms. The number of fused-ring (bicyclic) bond motifs is 1. The number of hydrogen-bond donors (Lipinski definition) is 1. The number of halogens is 1. The van der Waals surface area contributed by atoms with E-state index in [4.69, 9.17) is 14.5 Å². The van der Waals surface area contributed by atoms with E-state index >= 15 is 0 Å². The number of aliphatic imine (C=N–C) groups is 1. The molecular formula is C20H26IN3O2. The Labute approximate surface area is 172 Å². The Bertz CT molecular complexity index is 764. The fourth-order valence-electron chi connectivity index (χ4n) is 3.19. The quantitative estimate of drug-likeness (QED) is 0.413. The summed E-state index contributed by atoms with van der Waals surface area (Å²) in [6, 6.07) is 14.4. The van der Waals surface area contributed by atoms with Gasteiger partial charge >= 0.3 is 0 Å². The molecule has 0 aliphatic carbocycles. The van der Waals surface area contributed by atoms with Crippen LogP contribution in [-0.2, 0) is 13.0 Å². The summed E-state index contributed by atoms with van der Waals surface area (Å²) in [5.74, 6) is 2.37. The molecular weight excluding hydrogens is 441 g/mol. The van der Waals surface area contributed by atoms with E-state index in [1.54, 1.807) is 14.2 Å². The lowest BCUT2D eigenvalue weighted by molar-refractivity contribution is 0.352. The Balaban J connectivity index is 0.00000243. The lowest BCUT2D eigenvalue weighted by atomic mass is 10.2. The highest BCUT2D eigenvalue weighted by atomic mass is 127. The zero-order chi connectivity index (χ0) is 17.6. The van der Waals surface area contributed by atoms with Crippen LogP contribution in [0, 0.1) is 0 Å². The Morgan fingerprint density at radius 3 is 2.65 bits per heavy atom. The van der Waals surface area contributed by atoms with Crippen molar-refractivity contribution in [2.45, 2.75) is 19.9 Å². The number of hydrogen-bond acceptors (Lipinski definition) is 3. The summed E-state index contributed by atoms with van der Waals surface area (Å²) in [4.78, 5) is 7.10. The second kappa shape index (κ2) is 9.66. The van der Waals surface area contributed by atoms with Crippen molar-refractivity contribution in [3.63, 3.8) is 0 Å². The summed E-state index contributed by atoms with van der Waals surface area (Å²) in [6.45, 7) is 4.39. The lowest BCUT2D eigenvalue weighted by Gasteiger charge is -2.22. The molecule has 0 amide bonds. The largest absolute Gasteiger partial charge is 0.493 e. The monoisotopic (exact) mass is 467 g/mol. The van der Waals surface area contributed by atoms with Crippen molar-refractivity contribution in [3.05, 3.63) is 53.6 Å². The van der Waals surface area contributed by atoms with E-state index in [1.165, 1.54) is 11.3 Å². The van der Waals surface area contributed by atoms with Crippen LogP contribution in [-0.4, -0.2) is 33.3 Å². The fraction of sp³-hybridized carbons (Fsp3) is 0.350. The van der Waals surface area contributed by atoms with Crippen LogP contribution < -0.4 is 19.7 Å². The fourth-order valence-corrected chi connectivity index (χ4v) is 3.19. The molecule has 0 saturated carbocycles. The maximum atomic E-state index is 5.51. The minimum atomic E-state index is 0.